The molecule has 1 aliphatic rings. The van der Waals surface area contributed by atoms with E-state index in [1.54, 1.807) is 35.2 Å². The summed E-state index contributed by atoms with van der Waals surface area (Å²) in [7, 11) is 0. The van der Waals surface area contributed by atoms with Gasteiger partial charge in [-0.05, 0) is 47.9 Å². The van der Waals surface area contributed by atoms with Crippen molar-refractivity contribution in [2.75, 3.05) is 6.54 Å². The lowest BCUT2D eigenvalue weighted by atomic mass is 10.00. The standard InChI is InChI=1S/C24H21FN4O2/c25-20-7-5-18(6-8-20)21-15-22-24(31)27(13-14-29(22)26-21)12-10-23(30)28-11-9-17-3-1-2-4-19(17)16-28/h1-8,13-15H,9-12,16H2. The minimum atomic E-state index is -0.322. The van der Waals surface area contributed by atoms with Gasteiger partial charge in [-0.15, -0.1) is 0 Å². The number of halogens is 1. The molecule has 0 bridgehead atoms. The van der Waals surface area contributed by atoms with Gasteiger partial charge in [-0.2, -0.15) is 5.10 Å². The van der Waals surface area contributed by atoms with Crippen molar-refractivity contribution in [2.24, 2.45) is 0 Å². The molecule has 3 heterocycles. The molecular weight excluding hydrogens is 395 g/mol. The Morgan fingerprint density at radius 1 is 1.03 bits per heavy atom. The van der Waals surface area contributed by atoms with E-state index in [-0.39, 0.29) is 23.7 Å². The average molecular weight is 416 g/mol. The molecule has 6 nitrogen and oxygen atoms in total. The topological polar surface area (TPSA) is 59.6 Å². The van der Waals surface area contributed by atoms with E-state index in [1.165, 1.54) is 27.8 Å². The number of fused-ring (bicyclic) bond motifs is 2. The molecule has 0 spiro atoms. The first-order valence-electron chi connectivity index (χ1n) is 10.3. The van der Waals surface area contributed by atoms with Gasteiger partial charge in [0.15, 0.2) is 0 Å². The van der Waals surface area contributed by atoms with E-state index in [4.69, 9.17) is 0 Å². The van der Waals surface area contributed by atoms with Crippen LogP contribution in [-0.4, -0.2) is 31.5 Å². The molecule has 0 radical (unpaired) electrons. The second kappa shape index (κ2) is 7.83. The molecule has 5 rings (SSSR count). The Bertz CT molecular complexity index is 1320. The lowest BCUT2D eigenvalue weighted by Crippen LogP contribution is -2.36. The molecule has 31 heavy (non-hydrogen) atoms. The fourth-order valence-corrected chi connectivity index (χ4v) is 4.05. The maximum absolute atomic E-state index is 13.2. The van der Waals surface area contributed by atoms with Crippen LogP contribution >= 0.6 is 0 Å². The molecule has 7 heteroatoms. The van der Waals surface area contributed by atoms with Crippen LogP contribution in [0.5, 0.6) is 0 Å². The predicted octanol–water partition coefficient (Wildman–Crippen LogP) is 3.28. The van der Waals surface area contributed by atoms with Gasteiger partial charge in [0, 0.05) is 44.0 Å². The van der Waals surface area contributed by atoms with Crippen molar-refractivity contribution in [1.82, 2.24) is 19.1 Å². The molecule has 0 atom stereocenters. The third kappa shape index (κ3) is 3.74. The summed E-state index contributed by atoms with van der Waals surface area (Å²) in [5.74, 6) is -0.279. The van der Waals surface area contributed by atoms with Crippen LogP contribution in [0.2, 0.25) is 0 Å². The molecule has 4 aromatic rings. The van der Waals surface area contributed by atoms with E-state index in [2.05, 4.69) is 17.2 Å². The highest BCUT2D eigenvalue weighted by Crippen LogP contribution is 2.20. The Morgan fingerprint density at radius 3 is 2.61 bits per heavy atom. The van der Waals surface area contributed by atoms with Crippen molar-refractivity contribution in [1.29, 1.82) is 0 Å². The van der Waals surface area contributed by atoms with Crippen LogP contribution in [0.1, 0.15) is 17.5 Å². The molecular formula is C24H21FN4O2. The molecule has 2 aromatic carbocycles. The van der Waals surface area contributed by atoms with Gasteiger partial charge in [0.2, 0.25) is 5.91 Å². The first-order chi connectivity index (χ1) is 15.1. The highest BCUT2D eigenvalue weighted by Gasteiger charge is 2.20. The minimum Gasteiger partial charge on any atom is -0.338 e. The maximum atomic E-state index is 13.2. The Kier molecular flexibility index (Phi) is 4.86. The number of nitrogens with zero attached hydrogens (tertiary/aromatic N) is 4. The molecule has 0 fully saturated rings. The lowest BCUT2D eigenvalue weighted by Gasteiger charge is -2.29. The largest absolute Gasteiger partial charge is 0.338 e. The summed E-state index contributed by atoms with van der Waals surface area (Å²) < 4.78 is 16.2. The van der Waals surface area contributed by atoms with E-state index in [1.807, 2.05) is 17.0 Å². The molecule has 1 amide bonds. The Hall–Kier alpha value is -3.74. The predicted molar refractivity (Wildman–Crippen MR) is 115 cm³/mol. The quantitative estimate of drug-likeness (QED) is 0.513. The second-order valence-electron chi connectivity index (χ2n) is 7.75. The first-order valence-corrected chi connectivity index (χ1v) is 10.3. The zero-order valence-corrected chi connectivity index (χ0v) is 16.9. The van der Waals surface area contributed by atoms with Gasteiger partial charge in [0.25, 0.3) is 5.56 Å². The summed E-state index contributed by atoms with van der Waals surface area (Å²) in [6, 6.07) is 15.9. The van der Waals surface area contributed by atoms with Crippen LogP contribution < -0.4 is 5.56 Å². The molecule has 1 aliphatic heterocycles. The van der Waals surface area contributed by atoms with Crippen molar-refractivity contribution in [3.63, 3.8) is 0 Å². The molecule has 2 aromatic heterocycles. The molecule has 0 unspecified atom stereocenters. The summed E-state index contributed by atoms with van der Waals surface area (Å²) in [5.41, 5.74) is 4.02. The SMILES string of the molecule is O=C(CCn1ccn2nc(-c3ccc(F)cc3)cc2c1=O)N1CCc2ccccc2C1. The van der Waals surface area contributed by atoms with E-state index < -0.39 is 0 Å². The summed E-state index contributed by atoms with van der Waals surface area (Å²) in [6.45, 7) is 1.63. The first kappa shape index (κ1) is 19.2. The van der Waals surface area contributed by atoms with E-state index >= 15 is 0 Å². The van der Waals surface area contributed by atoms with Gasteiger partial charge in [-0.1, -0.05) is 24.3 Å². The summed E-state index contributed by atoms with van der Waals surface area (Å²) in [5, 5.41) is 4.41. The molecule has 0 N–H and O–H groups in total. The van der Waals surface area contributed by atoms with E-state index in [0.29, 0.717) is 30.8 Å². The zero-order chi connectivity index (χ0) is 21.4. The Morgan fingerprint density at radius 2 is 1.81 bits per heavy atom. The van der Waals surface area contributed by atoms with Crippen molar-refractivity contribution in [3.8, 4) is 11.3 Å². The van der Waals surface area contributed by atoms with Gasteiger partial charge in [0.1, 0.15) is 11.3 Å². The van der Waals surface area contributed by atoms with Crippen molar-refractivity contribution in [3.05, 3.63) is 94.3 Å². The van der Waals surface area contributed by atoms with Crippen LogP contribution in [0.15, 0.2) is 71.8 Å². The summed E-state index contributed by atoms with van der Waals surface area (Å²) in [6.07, 6.45) is 4.47. The van der Waals surface area contributed by atoms with Gasteiger partial charge >= 0.3 is 0 Å². The number of amides is 1. The smallest absolute Gasteiger partial charge is 0.276 e. The van der Waals surface area contributed by atoms with Crippen LogP contribution in [0.3, 0.4) is 0 Å². The van der Waals surface area contributed by atoms with Gasteiger partial charge in [-0.25, -0.2) is 8.91 Å². The average Bonchev–Trinajstić information content (AvgIpc) is 3.24. The van der Waals surface area contributed by atoms with Gasteiger partial charge in [0.05, 0.1) is 5.69 Å². The van der Waals surface area contributed by atoms with Crippen molar-refractivity contribution in [2.45, 2.75) is 25.9 Å². The van der Waals surface area contributed by atoms with Crippen molar-refractivity contribution >= 4 is 11.4 Å². The number of hydrogen-bond donors (Lipinski definition) is 0. The lowest BCUT2D eigenvalue weighted by molar-refractivity contribution is -0.132. The van der Waals surface area contributed by atoms with E-state index in [0.717, 1.165) is 12.0 Å². The fourth-order valence-electron chi connectivity index (χ4n) is 4.05. The second-order valence-corrected chi connectivity index (χ2v) is 7.75. The van der Waals surface area contributed by atoms with Gasteiger partial charge < -0.3 is 9.47 Å². The maximum Gasteiger partial charge on any atom is 0.276 e. The molecule has 156 valence electrons. The Balaban J connectivity index is 1.32. The number of aryl methyl sites for hydroxylation is 1. The Labute approximate surface area is 178 Å². The number of rotatable bonds is 4. The number of aromatic nitrogens is 3. The fraction of sp³-hybridized carbons (Fsp3) is 0.208. The van der Waals surface area contributed by atoms with Gasteiger partial charge in [-0.3, -0.25) is 9.59 Å². The zero-order valence-electron chi connectivity index (χ0n) is 16.9. The number of benzene rings is 2. The normalized spacial score (nSPS) is 13.4. The third-order valence-corrected chi connectivity index (χ3v) is 5.79. The molecule has 0 saturated heterocycles. The van der Waals surface area contributed by atoms with Crippen LogP contribution in [0.4, 0.5) is 4.39 Å². The monoisotopic (exact) mass is 416 g/mol. The summed E-state index contributed by atoms with van der Waals surface area (Å²) in [4.78, 5) is 27.5. The molecule has 0 aliphatic carbocycles. The minimum absolute atomic E-state index is 0.0433. The van der Waals surface area contributed by atoms with Crippen LogP contribution in [0.25, 0.3) is 16.8 Å². The number of hydrogen-bond acceptors (Lipinski definition) is 3. The summed E-state index contributed by atoms with van der Waals surface area (Å²) >= 11 is 0. The number of carbonyl (C=O) groups is 1. The van der Waals surface area contributed by atoms with E-state index in [9.17, 15) is 14.0 Å². The van der Waals surface area contributed by atoms with Crippen LogP contribution in [-0.2, 0) is 24.3 Å². The highest BCUT2D eigenvalue weighted by atomic mass is 19.1. The highest BCUT2D eigenvalue weighted by molar-refractivity contribution is 5.76. The van der Waals surface area contributed by atoms with Crippen LogP contribution in [0, 0.1) is 5.82 Å². The van der Waals surface area contributed by atoms with Crippen molar-refractivity contribution < 1.29 is 9.18 Å². The number of carbonyl (C=O) groups excluding carboxylic acids is 1. The molecule has 0 saturated carbocycles. The third-order valence-electron chi connectivity index (χ3n) is 5.79.